The highest BCUT2D eigenvalue weighted by atomic mass is 19.1. The summed E-state index contributed by atoms with van der Waals surface area (Å²) >= 11 is 0. The summed E-state index contributed by atoms with van der Waals surface area (Å²) in [5.41, 5.74) is 6.02. The lowest BCUT2D eigenvalue weighted by Gasteiger charge is -2.26. The molecular formula is C25H29FN2. The van der Waals surface area contributed by atoms with Gasteiger partial charge in [0, 0.05) is 29.2 Å². The number of nitrogens with one attached hydrogen (secondary N) is 1. The van der Waals surface area contributed by atoms with Gasteiger partial charge in [-0.15, -0.1) is 0 Å². The second kappa shape index (κ2) is 9.32. The molecule has 1 aliphatic rings. The number of benzene rings is 2. The summed E-state index contributed by atoms with van der Waals surface area (Å²) in [5.74, 6) is -0.230. The Kier molecular flexibility index (Phi) is 7.11. The average Bonchev–Trinajstić information content (AvgIpc) is 2.97. The Hall–Kier alpha value is -2.94. The summed E-state index contributed by atoms with van der Waals surface area (Å²) in [6.07, 6.45) is 6.19. The monoisotopic (exact) mass is 376 g/mol. The summed E-state index contributed by atoms with van der Waals surface area (Å²) < 4.78 is 13.2. The van der Waals surface area contributed by atoms with Crippen LogP contribution in [0, 0.1) is 5.82 Å². The summed E-state index contributed by atoms with van der Waals surface area (Å²) in [6, 6.07) is 12.8. The zero-order chi connectivity index (χ0) is 20.7. The number of rotatable bonds is 5. The van der Waals surface area contributed by atoms with Crippen LogP contribution in [0.1, 0.15) is 39.7 Å². The second-order valence-electron chi connectivity index (χ2n) is 6.70. The van der Waals surface area contributed by atoms with Crippen molar-refractivity contribution in [3.05, 3.63) is 90.5 Å². The largest absolute Gasteiger partial charge is 0.358 e. The third kappa shape index (κ3) is 4.30. The highest BCUT2D eigenvalue weighted by Gasteiger charge is 2.38. The summed E-state index contributed by atoms with van der Waals surface area (Å²) in [7, 11) is 0. The van der Waals surface area contributed by atoms with E-state index < -0.39 is 0 Å². The zero-order valence-corrected chi connectivity index (χ0v) is 17.2. The predicted octanol–water partition coefficient (Wildman–Crippen LogP) is 7.27. The van der Waals surface area contributed by atoms with Gasteiger partial charge in [-0.2, -0.15) is 0 Å². The van der Waals surface area contributed by atoms with E-state index in [0.29, 0.717) is 0 Å². The molecule has 1 N–H and O–H groups in total. The van der Waals surface area contributed by atoms with Crippen LogP contribution in [0.4, 0.5) is 10.1 Å². The molecule has 0 saturated heterocycles. The van der Waals surface area contributed by atoms with Crippen LogP contribution in [-0.2, 0) is 5.41 Å². The van der Waals surface area contributed by atoms with Crippen molar-refractivity contribution in [2.24, 2.45) is 4.99 Å². The first kappa shape index (κ1) is 21.4. The molecule has 3 rings (SSSR count). The molecule has 0 saturated carbocycles. The van der Waals surface area contributed by atoms with E-state index in [1.165, 1.54) is 17.7 Å². The Morgan fingerprint density at radius 1 is 1.14 bits per heavy atom. The van der Waals surface area contributed by atoms with Gasteiger partial charge in [0.2, 0.25) is 0 Å². The van der Waals surface area contributed by atoms with Gasteiger partial charge in [-0.3, -0.25) is 4.99 Å². The second-order valence-corrected chi connectivity index (χ2v) is 6.70. The molecule has 1 unspecified atom stereocenters. The van der Waals surface area contributed by atoms with Crippen LogP contribution in [-0.4, -0.2) is 6.21 Å². The van der Waals surface area contributed by atoms with Crippen molar-refractivity contribution in [1.82, 2.24) is 0 Å². The Morgan fingerprint density at radius 3 is 2.39 bits per heavy atom. The first-order valence-corrected chi connectivity index (χ1v) is 9.64. The molecule has 146 valence electrons. The maximum Gasteiger partial charge on any atom is 0.123 e. The van der Waals surface area contributed by atoms with E-state index in [0.717, 1.165) is 34.5 Å². The van der Waals surface area contributed by atoms with E-state index in [4.69, 9.17) is 0 Å². The zero-order valence-electron chi connectivity index (χ0n) is 17.2. The molecule has 0 radical (unpaired) electrons. The minimum Gasteiger partial charge on any atom is -0.358 e. The summed E-state index contributed by atoms with van der Waals surface area (Å²) in [5, 5.41) is 3.41. The molecular weight excluding hydrogens is 347 g/mol. The van der Waals surface area contributed by atoms with Crippen LogP contribution in [0.2, 0.25) is 0 Å². The van der Waals surface area contributed by atoms with E-state index in [2.05, 4.69) is 42.5 Å². The van der Waals surface area contributed by atoms with Gasteiger partial charge >= 0.3 is 0 Å². The standard InChI is InChI=1S/C23H23FN2.C2H6/c1-5-17(15-25-6-2)14-23(4)16(3)26-22-12-9-19(13-21(22)23)18-7-10-20(24)11-8-18;1-2/h5-13,15,26H,1,3,14H2,2,4H3;1-2H3/b17-15+,25-6?;. The van der Waals surface area contributed by atoms with Crippen molar-refractivity contribution >= 4 is 11.9 Å². The molecule has 1 heterocycles. The maximum atomic E-state index is 13.2. The third-order valence-electron chi connectivity index (χ3n) is 4.95. The molecule has 1 atom stereocenters. The van der Waals surface area contributed by atoms with Gasteiger partial charge in [-0.25, -0.2) is 4.39 Å². The fraction of sp³-hybridized carbons (Fsp3) is 0.240. The van der Waals surface area contributed by atoms with E-state index in [1.807, 2.05) is 39.1 Å². The number of hydrogen-bond donors (Lipinski definition) is 1. The molecule has 0 aliphatic carbocycles. The molecule has 2 nitrogen and oxygen atoms in total. The quantitative estimate of drug-likeness (QED) is 0.431. The lowest BCUT2D eigenvalue weighted by molar-refractivity contribution is 0.582. The number of hydrogen-bond acceptors (Lipinski definition) is 2. The number of aliphatic imine (C=N–C) groups is 1. The third-order valence-corrected chi connectivity index (χ3v) is 4.95. The molecule has 28 heavy (non-hydrogen) atoms. The Balaban J connectivity index is 0.00000136. The van der Waals surface area contributed by atoms with Gasteiger partial charge in [-0.05, 0) is 66.8 Å². The van der Waals surface area contributed by atoms with E-state index in [-0.39, 0.29) is 11.2 Å². The average molecular weight is 377 g/mol. The molecule has 0 amide bonds. The molecule has 0 aromatic heterocycles. The van der Waals surface area contributed by atoms with Crippen molar-refractivity contribution in [2.75, 3.05) is 5.32 Å². The van der Waals surface area contributed by atoms with Crippen molar-refractivity contribution in [1.29, 1.82) is 0 Å². The lowest BCUT2D eigenvalue weighted by atomic mass is 9.76. The van der Waals surface area contributed by atoms with E-state index in [9.17, 15) is 4.39 Å². The number of fused-ring (bicyclic) bond motifs is 1. The topological polar surface area (TPSA) is 24.4 Å². The SMILES string of the molecule is C=C/C(=C\N=CC)CC1(C)C(=C)Nc2ccc(-c3ccc(F)cc3)cc21.CC. The van der Waals surface area contributed by atoms with Crippen molar-refractivity contribution < 1.29 is 4.39 Å². The molecule has 0 fully saturated rings. The van der Waals surface area contributed by atoms with Gasteiger partial charge in [0.15, 0.2) is 0 Å². The molecule has 3 heteroatoms. The van der Waals surface area contributed by atoms with Crippen LogP contribution < -0.4 is 5.32 Å². The smallest absolute Gasteiger partial charge is 0.123 e. The van der Waals surface area contributed by atoms with E-state index in [1.54, 1.807) is 18.3 Å². The minimum absolute atomic E-state index is 0.230. The molecule has 2 aromatic rings. The van der Waals surface area contributed by atoms with Crippen LogP contribution in [0.5, 0.6) is 0 Å². The highest BCUT2D eigenvalue weighted by molar-refractivity contribution is 5.75. The molecule has 1 aliphatic heterocycles. The van der Waals surface area contributed by atoms with Gasteiger partial charge < -0.3 is 5.32 Å². The van der Waals surface area contributed by atoms with Crippen molar-refractivity contribution in [2.45, 2.75) is 39.5 Å². The van der Waals surface area contributed by atoms with Crippen LogP contribution in [0.15, 0.2) is 84.2 Å². The number of nitrogens with zero attached hydrogens (tertiary/aromatic N) is 1. The van der Waals surface area contributed by atoms with Gasteiger partial charge in [0.05, 0.1) is 0 Å². The molecule has 2 aromatic carbocycles. The normalized spacial score (nSPS) is 18.3. The predicted molar refractivity (Wildman–Crippen MR) is 120 cm³/mol. The summed E-state index contributed by atoms with van der Waals surface area (Å²) in [6.45, 7) is 16.2. The number of anilines is 1. The van der Waals surface area contributed by atoms with Gasteiger partial charge in [0.1, 0.15) is 5.82 Å². The Bertz CT molecular complexity index is 907. The summed E-state index contributed by atoms with van der Waals surface area (Å²) in [4.78, 5) is 4.23. The first-order valence-electron chi connectivity index (χ1n) is 9.64. The Labute approximate surface area is 168 Å². The lowest BCUT2D eigenvalue weighted by Crippen LogP contribution is -2.22. The molecule has 0 spiro atoms. The molecule has 0 bridgehead atoms. The fourth-order valence-electron chi connectivity index (χ4n) is 3.35. The maximum absolute atomic E-state index is 13.2. The van der Waals surface area contributed by atoms with Crippen LogP contribution >= 0.6 is 0 Å². The van der Waals surface area contributed by atoms with Crippen molar-refractivity contribution in [3.63, 3.8) is 0 Å². The highest BCUT2D eigenvalue weighted by Crippen LogP contribution is 2.47. The first-order chi connectivity index (χ1) is 13.5. The number of halogens is 1. The Morgan fingerprint density at radius 2 is 1.79 bits per heavy atom. The van der Waals surface area contributed by atoms with E-state index >= 15 is 0 Å². The van der Waals surface area contributed by atoms with Crippen LogP contribution in [0.25, 0.3) is 11.1 Å². The van der Waals surface area contributed by atoms with Crippen molar-refractivity contribution in [3.8, 4) is 11.1 Å². The minimum atomic E-state index is -0.269. The van der Waals surface area contributed by atoms with Gasteiger partial charge in [0.25, 0.3) is 0 Å². The number of allylic oxidation sites excluding steroid dienone is 3. The van der Waals surface area contributed by atoms with Crippen LogP contribution in [0.3, 0.4) is 0 Å². The fourth-order valence-corrected chi connectivity index (χ4v) is 3.35. The van der Waals surface area contributed by atoms with Gasteiger partial charge in [-0.1, -0.05) is 51.3 Å².